The number of hydrogen-bond donors (Lipinski definition) is 1. The molecule has 0 aromatic heterocycles. The first-order chi connectivity index (χ1) is 8.47. The van der Waals surface area contributed by atoms with Gasteiger partial charge in [0, 0.05) is 17.5 Å². The van der Waals surface area contributed by atoms with E-state index in [-0.39, 0.29) is 23.8 Å². The van der Waals surface area contributed by atoms with Crippen LogP contribution < -0.4 is 10.1 Å². The summed E-state index contributed by atoms with van der Waals surface area (Å²) in [6.45, 7) is 7.92. The fraction of sp³-hybridized carbons (Fsp3) is 0.533. The highest BCUT2D eigenvalue weighted by Gasteiger charge is 2.25. The second kappa shape index (κ2) is 6.55. The average molecular weight is 249 g/mol. The molecular formula is C15H23NO2. The van der Waals surface area contributed by atoms with E-state index in [2.05, 4.69) is 5.32 Å². The molecule has 0 aliphatic heterocycles. The van der Waals surface area contributed by atoms with Gasteiger partial charge in [0.1, 0.15) is 5.75 Å². The maximum absolute atomic E-state index is 12.3. The van der Waals surface area contributed by atoms with Gasteiger partial charge in [-0.25, -0.2) is 0 Å². The van der Waals surface area contributed by atoms with Gasteiger partial charge in [0.2, 0.25) is 0 Å². The summed E-state index contributed by atoms with van der Waals surface area (Å²) in [5, 5.41) is 3.32. The Morgan fingerprint density at radius 1 is 1.17 bits per heavy atom. The van der Waals surface area contributed by atoms with Crippen molar-refractivity contribution in [3.63, 3.8) is 0 Å². The van der Waals surface area contributed by atoms with Crippen LogP contribution in [0.15, 0.2) is 24.3 Å². The fourth-order valence-corrected chi connectivity index (χ4v) is 1.90. The Balaban J connectivity index is 3.12. The molecule has 1 aromatic carbocycles. The largest absolute Gasteiger partial charge is 0.496 e. The first kappa shape index (κ1) is 14.7. The molecule has 1 unspecified atom stereocenters. The second-order valence-electron chi connectivity index (χ2n) is 5.05. The molecule has 0 spiro atoms. The van der Waals surface area contributed by atoms with E-state index in [1.807, 2.05) is 52.0 Å². The number of ketones is 1. The number of ether oxygens (including phenoxy) is 1. The fourth-order valence-electron chi connectivity index (χ4n) is 1.90. The van der Waals surface area contributed by atoms with Gasteiger partial charge in [0.05, 0.1) is 13.2 Å². The molecule has 0 saturated heterocycles. The predicted octanol–water partition coefficient (Wildman–Crippen LogP) is 2.96. The molecule has 0 fully saturated rings. The summed E-state index contributed by atoms with van der Waals surface area (Å²) in [6.07, 6.45) is 0. The molecule has 0 amide bonds. The highest BCUT2D eigenvalue weighted by molar-refractivity contribution is 5.87. The Kier molecular flexibility index (Phi) is 5.35. The molecule has 0 radical (unpaired) electrons. The first-order valence-corrected chi connectivity index (χ1v) is 6.40. The van der Waals surface area contributed by atoms with Crippen LogP contribution >= 0.6 is 0 Å². The van der Waals surface area contributed by atoms with Crippen LogP contribution in [0, 0.1) is 5.92 Å². The van der Waals surface area contributed by atoms with Crippen LogP contribution in [0.1, 0.15) is 39.3 Å². The highest BCUT2D eigenvalue weighted by Crippen LogP contribution is 2.27. The third kappa shape index (κ3) is 3.57. The van der Waals surface area contributed by atoms with Crippen molar-refractivity contribution in [2.75, 3.05) is 7.11 Å². The maximum Gasteiger partial charge on any atom is 0.156 e. The van der Waals surface area contributed by atoms with Crippen molar-refractivity contribution in [2.45, 2.75) is 39.8 Å². The normalized spacial score (nSPS) is 12.8. The Hall–Kier alpha value is -1.35. The molecule has 0 heterocycles. The summed E-state index contributed by atoms with van der Waals surface area (Å²) in [6, 6.07) is 7.61. The summed E-state index contributed by atoms with van der Waals surface area (Å²) in [5.41, 5.74) is 0.910. The van der Waals surface area contributed by atoms with Crippen LogP contribution in [0.2, 0.25) is 0 Å². The number of benzene rings is 1. The Morgan fingerprint density at radius 2 is 1.78 bits per heavy atom. The standard InChI is InChI=1S/C15H23NO2/c1-10(2)15(17)14(16-11(3)4)12-8-6-7-9-13(12)18-5/h6-11,14,16H,1-5H3. The van der Waals surface area contributed by atoms with E-state index in [0.29, 0.717) is 0 Å². The minimum Gasteiger partial charge on any atom is -0.496 e. The van der Waals surface area contributed by atoms with E-state index in [4.69, 9.17) is 4.74 Å². The van der Waals surface area contributed by atoms with Crippen molar-refractivity contribution >= 4 is 5.78 Å². The lowest BCUT2D eigenvalue weighted by Gasteiger charge is -2.23. The quantitative estimate of drug-likeness (QED) is 0.842. The van der Waals surface area contributed by atoms with Gasteiger partial charge in [-0.15, -0.1) is 0 Å². The summed E-state index contributed by atoms with van der Waals surface area (Å²) >= 11 is 0. The molecule has 0 aliphatic carbocycles. The molecule has 1 rings (SSSR count). The van der Waals surface area contributed by atoms with Gasteiger partial charge < -0.3 is 10.1 Å². The maximum atomic E-state index is 12.3. The average Bonchev–Trinajstić information content (AvgIpc) is 2.34. The number of methoxy groups -OCH3 is 1. The second-order valence-corrected chi connectivity index (χ2v) is 5.05. The topological polar surface area (TPSA) is 38.3 Å². The van der Waals surface area contributed by atoms with Crippen molar-refractivity contribution in [3.05, 3.63) is 29.8 Å². The molecule has 0 saturated carbocycles. The van der Waals surface area contributed by atoms with E-state index in [0.717, 1.165) is 11.3 Å². The minimum atomic E-state index is -0.304. The predicted molar refractivity (Wildman–Crippen MR) is 73.9 cm³/mol. The van der Waals surface area contributed by atoms with Gasteiger partial charge in [0.15, 0.2) is 5.78 Å². The van der Waals surface area contributed by atoms with Crippen LogP contribution in [-0.4, -0.2) is 18.9 Å². The lowest BCUT2D eigenvalue weighted by atomic mass is 9.94. The highest BCUT2D eigenvalue weighted by atomic mass is 16.5. The zero-order valence-corrected chi connectivity index (χ0v) is 11.9. The summed E-state index contributed by atoms with van der Waals surface area (Å²) in [5.74, 6) is 0.934. The number of para-hydroxylation sites is 1. The zero-order chi connectivity index (χ0) is 13.7. The Bertz CT molecular complexity index is 399. The molecule has 1 N–H and O–H groups in total. The van der Waals surface area contributed by atoms with Crippen molar-refractivity contribution < 1.29 is 9.53 Å². The van der Waals surface area contributed by atoms with Gasteiger partial charge in [-0.3, -0.25) is 4.79 Å². The third-order valence-electron chi connectivity index (χ3n) is 2.80. The van der Waals surface area contributed by atoms with Gasteiger partial charge >= 0.3 is 0 Å². The summed E-state index contributed by atoms with van der Waals surface area (Å²) < 4.78 is 5.35. The molecule has 0 aliphatic rings. The number of hydrogen-bond acceptors (Lipinski definition) is 3. The van der Waals surface area contributed by atoms with Crippen LogP contribution in [-0.2, 0) is 4.79 Å². The smallest absolute Gasteiger partial charge is 0.156 e. The van der Waals surface area contributed by atoms with E-state index >= 15 is 0 Å². The minimum absolute atomic E-state index is 0.00818. The van der Waals surface area contributed by atoms with E-state index in [1.165, 1.54) is 0 Å². The van der Waals surface area contributed by atoms with Crippen molar-refractivity contribution in [3.8, 4) is 5.75 Å². The van der Waals surface area contributed by atoms with Gasteiger partial charge in [-0.05, 0) is 19.9 Å². The molecule has 100 valence electrons. The van der Waals surface area contributed by atoms with Crippen molar-refractivity contribution in [2.24, 2.45) is 5.92 Å². The summed E-state index contributed by atoms with van der Waals surface area (Å²) in [4.78, 5) is 12.3. The van der Waals surface area contributed by atoms with Gasteiger partial charge in [-0.2, -0.15) is 0 Å². The molecule has 0 bridgehead atoms. The number of Topliss-reactive ketones (excluding diaryl/α,β-unsaturated/α-hetero) is 1. The van der Waals surface area contributed by atoms with Gasteiger partial charge in [0.25, 0.3) is 0 Å². The van der Waals surface area contributed by atoms with E-state index < -0.39 is 0 Å². The lowest BCUT2D eigenvalue weighted by molar-refractivity contribution is -0.124. The Labute approximate surface area is 110 Å². The molecule has 1 atom stereocenters. The van der Waals surface area contributed by atoms with Crippen molar-refractivity contribution in [1.29, 1.82) is 0 Å². The van der Waals surface area contributed by atoms with Crippen LogP contribution in [0.5, 0.6) is 5.75 Å². The van der Waals surface area contributed by atoms with E-state index in [1.54, 1.807) is 7.11 Å². The lowest BCUT2D eigenvalue weighted by Crippen LogP contribution is -2.36. The molecule has 3 heteroatoms. The number of carbonyl (C=O) groups excluding carboxylic acids is 1. The molecule has 1 aromatic rings. The summed E-state index contributed by atoms with van der Waals surface area (Å²) in [7, 11) is 1.63. The molecule has 3 nitrogen and oxygen atoms in total. The van der Waals surface area contributed by atoms with E-state index in [9.17, 15) is 4.79 Å². The third-order valence-corrected chi connectivity index (χ3v) is 2.80. The number of carbonyl (C=O) groups is 1. The monoisotopic (exact) mass is 249 g/mol. The Morgan fingerprint density at radius 3 is 2.28 bits per heavy atom. The van der Waals surface area contributed by atoms with Crippen LogP contribution in [0.3, 0.4) is 0 Å². The SMILES string of the molecule is COc1ccccc1C(NC(C)C)C(=O)C(C)C. The van der Waals surface area contributed by atoms with Crippen LogP contribution in [0.4, 0.5) is 0 Å². The van der Waals surface area contributed by atoms with Gasteiger partial charge in [-0.1, -0.05) is 32.0 Å². The van der Waals surface area contributed by atoms with Crippen LogP contribution in [0.25, 0.3) is 0 Å². The first-order valence-electron chi connectivity index (χ1n) is 6.40. The molecular weight excluding hydrogens is 226 g/mol. The van der Waals surface area contributed by atoms with Crippen molar-refractivity contribution in [1.82, 2.24) is 5.32 Å². The zero-order valence-electron chi connectivity index (χ0n) is 11.9. The number of rotatable bonds is 6. The number of nitrogens with one attached hydrogen (secondary N) is 1. The molecule has 18 heavy (non-hydrogen) atoms.